The van der Waals surface area contributed by atoms with Crippen molar-refractivity contribution in [2.45, 2.75) is 115 Å². The van der Waals surface area contributed by atoms with Gasteiger partial charge in [-0.25, -0.2) is 0 Å². The summed E-state index contributed by atoms with van der Waals surface area (Å²) >= 11 is 0. The van der Waals surface area contributed by atoms with Gasteiger partial charge in [0.1, 0.15) is 6.10 Å². The first-order valence-corrected chi connectivity index (χ1v) is 18.8. The number of rotatable bonds is 3. The van der Waals surface area contributed by atoms with E-state index in [1.807, 2.05) is 13.0 Å². The third-order valence-electron chi connectivity index (χ3n) is 17.0. The van der Waals surface area contributed by atoms with Crippen molar-refractivity contribution in [3.63, 3.8) is 0 Å². The predicted molar refractivity (Wildman–Crippen MR) is 176 cm³/mol. The molecule has 4 saturated carbocycles. The van der Waals surface area contributed by atoms with Crippen molar-refractivity contribution >= 4 is 5.97 Å². The molecule has 4 heterocycles. The molecule has 10 rings (SSSR count). The molecule has 3 saturated heterocycles. The molecule has 2 N–H and O–H groups in total. The minimum atomic E-state index is -1.33. The van der Waals surface area contributed by atoms with E-state index in [0.29, 0.717) is 24.9 Å². The Labute approximate surface area is 289 Å². The van der Waals surface area contributed by atoms with Crippen LogP contribution in [-0.2, 0) is 23.7 Å². The van der Waals surface area contributed by atoms with E-state index < -0.39 is 29.5 Å². The third kappa shape index (κ3) is 3.63. The summed E-state index contributed by atoms with van der Waals surface area (Å²) in [6.07, 6.45) is 8.96. The van der Waals surface area contributed by atoms with E-state index in [1.165, 1.54) is 5.57 Å². The number of aliphatic hydroxyl groups excluding tert-OH is 2. The maximum Gasteiger partial charge on any atom is 0.314 e. The number of hydrogen-bond acceptors (Lipinski definition) is 9. The second kappa shape index (κ2) is 9.62. The van der Waals surface area contributed by atoms with Gasteiger partial charge in [0.2, 0.25) is 12.6 Å². The number of benzene rings is 1. The molecule has 4 aliphatic heterocycles. The molecule has 9 aliphatic rings. The molecule has 0 radical (unpaired) electrons. The second-order valence-corrected chi connectivity index (χ2v) is 18.5. The van der Waals surface area contributed by atoms with Gasteiger partial charge in [0.25, 0.3) is 0 Å². The Morgan fingerprint density at radius 1 is 0.959 bits per heavy atom. The van der Waals surface area contributed by atoms with Gasteiger partial charge in [-0.2, -0.15) is 0 Å². The number of allylic oxidation sites excluding steroid dienone is 1. The topological polar surface area (TPSA) is 113 Å². The lowest BCUT2D eigenvalue weighted by atomic mass is 9.37. The first-order chi connectivity index (χ1) is 23.3. The number of fused-ring (bicyclic) bond motifs is 6. The molecule has 1 aromatic carbocycles. The summed E-state index contributed by atoms with van der Waals surface area (Å²) in [5.74, 6) is 0.00683. The first kappa shape index (κ1) is 31.6. The van der Waals surface area contributed by atoms with Gasteiger partial charge in [0, 0.05) is 24.4 Å². The van der Waals surface area contributed by atoms with Crippen LogP contribution in [0.3, 0.4) is 0 Å². The Bertz CT molecular complexity index is 1660. The highest BCUT2D eigenvalue weighted by Crippen LogP contribution is 2.91. The van der Waals surface area contributed by atoms with E-state index in [0.717, 1.165) is 68.4 Å². The fourth-order valence-electron chi connectivity index (χ4n) is 14.4. The maximum absolute atomic E-state index is 13.7. The SMILES string of the molecule is COC1(C)COC2(C1)OC(=O)C(C1CCC34CC13CCC1C3(C)CC=C5CC(c6ccc7c(c6)OCO7)OCC5(C)C3CC(O)C14C)C2O. The van der Waals surface area contributed by atoms with Crippen LogP contribution in [-0.4, -0.2) is 66.9 Å². The maximum atomic E-state index is 13.7. The van der Waals surface area contributed by atoms with Gasteiger partial charge in [-0.3, -0.25) is 4.79 Å². The van der Waals surface area contributed by atoms with Crippen LogP contribution in [0, 0.1) is 50.7 Å². The van der Waals surface area contributed by atoms with Crippen LogP contribution in [0.4, 0.5) is 0 Å². The van der Waals surface area contributed by atoms with Crippen LogP contribution >= 0.6 is 0 Å². The van der Waals surface area contributed by atoms with Gasteiger partial charge < -0.3 is 38.6 Å². The van der Waals surface area contributed by atoms with E-state index in [-0.39, 0.29) is 58.5 Å². The number of aliphatic hydroxyl groups is 2. The number of esters is 1. The zero-order valence-electron chi connectivity index (χ0n) is 29.6. The lowest BCUT2D eigenvalue weighted by molar-refractivity contribution is -0.226. The van der Waals surface area contributed by atoms with Crippen molar-refractivity contribution < 1.29 is 43.4 Å². The van der Waals surface area contributed by atoms with E-state index in [2.05, 4.69) is 39.0 Å². The number of hydrogen-bond donors (Lipinski definition) is 2. The number of carbonyl (C=O) groups excluding carboxylic acids is 1. The van der Waals surface area contributed by atoms with Gasteiger partial charge in [-0.1, -0.05) is 38.5 Å². The highest BCUT2D eigenvalue weighted by atomic mass is 16.7. The zero-order valence-corrected chi connectivity index (χ0v) is 29.6. The smallest absolute Gasteiger partial charge is 0.314 e. The lowest BCUT2D eigenvalue weighted by Gasteiger charge is -2.68. The minimum absolute atomic E-state index is 0.0253. The fourth-order valence-corrected chi connectivity index (χ4v) is 14.4. The Kier molecular flexibility index (Phi) is 6.20. The van der Waals surface area contributed by atoms with Crippen molar-refractivity contribution in [2.75, 3.05) is 27.1 Å². The summed E-state index contributed by atoms with van der Waals surface area (Å²) in [5.41, 5.74) is 1.52. The van der Waals surface area contributed by atoms with Crippen molar-refractivity contribution in [1.29, 1.82) is 0 Å². The van der Waals surface area contributed by atoms with E-state index >= 15 is 0 Å². The molecule has 0 aromatic heterocycles. The first-order valence-electron chi connectivity index (χ1n) is 18.8. The molecule has 9 heteroatoms. The molecular weight excluding hydrogens is 624 g/mol. The molecule has 9 nitrogen and oxygen atoms in total. The Morgan fingerprint density at radius 3 is 2.57 bits per heavy atom. The Balaban J connectivity index is 0.933. The molecule has 14 atom stereocenters. The summed E-state index contributed by atoms with van der Waals surface area (Å²) in [6.45, 7) is 10.4. The van der Waals surface area contributed by atoms with Crippen molar-refractivity contribution in [3.05, 3.63) is 35.4 Å². The highest BCUT2D eigenvalue weighted by molar-refractivity contribution is 5.77. The van der Waals surface area contributed by atoms with Crippen LogP contribution in [0.25, 0.3) is 0 Å². The molecule has 266 valence electrons. The molecule has 14 unspecified atom stereocenters. The van der Waals surface area contributed by atoms with E-state index in [9.17, 15) is 15.0 Å². The van der Waals surface area contributed by atoms with Gasteiger partial charge in [0.05, 0.1) is 36.9 Å². The average molecular weight is 677 g/mol. The van der Waals surface area contributed by atoms with Crippen molar-refractivity contribution in [3.8, 4) is 11.5 Å². The number of methoxy groups -OCH3 is 1. The van der Waals surface area contributed by atoms with Crippen LogP contribution in [0.2, 0.25) is 0 Å². The summed E-state index contributed by atoms with van der Waals surface area (Å²) in [7, 11) is 1.64. The Morgan fingerprint density at radius 2 is 1.78 bits per heavy atom. The summed E-state index contributed by atoms with van der Waals surface area (Å²) in [5, 5.41) is 24.4. The predicted octanol–water partition coefficient (Wildman–Crippen LogP) is 5.86. The van der Waals surface area contributed by atoms with Crippen LogP contribution in [0.15, 0.2) is 29.8 Å². The van der Waals surface area contributed by atoms with E-state index in [1.54, 1.807) is 7.11 Å². The monoisotopic (exact) mass is 676 g/mol. The van der Waals surface area contributed by atoms with E-state index in [4.69, 9.17) is 28.4 Å². The zero-order chi connectivity index (χ0) is 34.0. The van der Waals surface area contributed by atoms with Crippen LogP contribution in [0.1, 0.15) is 97.1 Å². The highest BCUT2D eigenvalue weighted by Gasteiger charge is 2.87. The van der Waals surface area contributed by atoms with Crippen LogP contribution < -0.4 is 9.47 Å². The van der Waals surface area contributed by atoms with Gasteiger partial charge >= 0.3 is 5.97 Å². The molecule has 7 fully saturated rings. The molecule has 5 aliphatic carbocycles. The molecule has 1 spiro atoms. The average Bonchev–Trinajstić information content (AvgIpc) is 3.41. The van der Waals surface area contributed by atoms with Gasteiger partial charge in [0.15, 0.2) is 11.5 Å². The quantitative estimate of drug-likeness (QED) is 0.300. The molecule has 1 aromatic rings. The van der Waals surface area contributed by atoms with Crippen molar-refractivity contribution in [2.24, 2.45) is 50.7 Å². The summed E-state index contributed by atoms with van der Waals surface area (Å²) in [6, 6.07) is 6.16. The standard InChI is InChI=1S/C40H52O9/c1-34(44-5)17-40(48-19-34)32(42)31(33(43)49-40)24-9-13-39-18-38(24,39)12-10-28-35(2)11-8-23-15-26(22-6-7-25-27(14-22)47-21-46-25)45-20-36(23,3)29(35)16-30(41)37(28,39)4/h6-8,14,24,26,28-32,41-42H,9-13,15-21H2,1-5H3. The third-order valence-corrected chi connectivity index (χ3v) is 17.0. The largest absolute Gasteiger partial charge is 0.454 e. The molecule has 0 bridgehead atoms. The van der Waals surface area contributed by atoms with Crippen LogP contribution in [0.5, 0.6) is 11.5 Å². The molecular formula is C40H52O9. The number of carbonyl (C=O) groups is 1. The van der Waals surface area contributed by atoms with Gasteiger partial charge in [-0.05, 0) is 110 Å². The lowest BCUT2D eigenvalue weighted by Crippen LogP contribution is -2.65. The van der Waals surface area contributed by atoms with Gasteiger partial charge in [-0.15, -0.1) is 0 Å². The normalized spacial score (nSPS) is 54.8. The number of ether oxygens (including phenoxy) is 6. The molecule has 0 amide bonds. The summed E-state index contributed by atoms with van der Waals surface area (Å²) < 4.78 is 35.7. The molecule has 49 heavy (non-hydrogen) atoms. The minimum Gasteiger partial charge on any atom is -0.454 e. The summed E-state index contributed by atoms with van der Waals surface area (Å²) in [4.78, 5) is 13.7. The Hall–Kier alpha value is -2.17. The van der Waals surface area contributed by atoms with Crippen molar-refractivity contribution in [1.82, 2.24) is 0 Å². The fraction of sp³-hybridized carbons (Fsp3) is 0.775. The second-order valence-electron chi connectivity index (χ2n) is 18.5.